The molecule has 0 fully saturated rings. The fraction of sp³-hybridized carbons (Fsp3) is 0. The zero-order valence-corrected chi connectivity index (χ0v) is 9.94. The number of thiazole rings is 1. The fourth-order valence-electron chi connectivity index (χ4n) is 1.21. The molecule has 1 aromatic heterocycles. The van der Waals surface area contributed by atoms with Gasteiger partial charge in [0, 0.05) is 23.7 Å². The number of nitrogens with zero attached hydrogens (tertiary/aromatic N) is 2. The monoisotopic (exact) mass is 270 g/mol. The van der Waals surface area contributed by atoms with Crippen LogP contribution in [-0.4, -0.2) is 18.3 Å². The highest BCUT2D eigenvalue weighted by Crippen LogP contribution is 2.25. The molecule has 0 spiro atoms. The molecule has 0 N–H and O–H groups in total. The molecule has 6 nitrogen and oxygen atoms in total. The standard InChI is InChI=1S/C9H6N2O4S2/c12-11(13)7-2-1-3-8(6-7)17(14,15)9-10-4-5-16-9/h1-6H. The lowest BCUT2D eigenvalue weighted by molar-refractivity contribution is -0.385. The second kappa shape index (κ2) is 4.22. The van der Waals surface area contributed by atoms with Crippen molar-refractivity contribution in [2.45, 2.75) is 9.24 Å². The van der Waals surface area contributed by atoms with Crippen LogP contribution >= 0.6 is 11.3 Å². The molecular formula is C9H6N2O4S2. The summed E-state index contributed by atoms with van der Waals surface area (Å²) in [5, 5.41) is 12.1. The summed E-state index contributed by atoms with van der Waals surface area (Å²) in [7, 11) is -3.75. The predicted molar refractivity (Wildman–Crippen MR) is 60.7 cm³/mol. The summed E-state index contributed by atoms with van der Waals surface area (Å²) in [6, 6.07) is 4.90. The lowest BCUT2D eigenvalue weighted by Gasteiger charge is -2.00. The van der Waals surface area contributed by atoms with Crippen molar-refractivity contribution in [2.24, 2.45) is 0 Å². The Hall–Kier alpha value is -1.80. The molecule has 0 saturated heterocycles. The first-order valence-corrected chi connectivity index (χ1v) is 6.77. The van der Waals surface area contributed by atoms with Crippen LogP contribution in [0.25, 0.3) is 0 Å². The van der Waals surface area contributed by atoms with Gasteiger partial charge in [0.2, 0.25) is 14.2 Å². The smallest absolute Gasteiger partial charge is 0.258 e. The van der Waals surface area contributed by atoms with E-state index in [2.05, 4.69) is 4.98 Å². The largest absolute Gasteiger partial charge is 0.270 e. The highest BCUT2D eigenvalue weighted by atomic mass is 32.2. The molecule has 8 heteroatoms. The molecule has 0 aliphatic rings. The van der Waals surface area contributed by atoms with E-state index in [0.717, 1.165) is 17.4 Å². The van der Waals surface area contributed by atoms with Crippen molar-refractivity contribution >= 4 is 26.9 Å². The van der Waals surface area contributed by atoms with Crippen LogP contribution in [0.3, 0.4) is 0 Å². The predicted octanol–water partition coefficient (Wildman–Crippen LogP) is 1.88. The molecule has 0 atom stereocenters. The van der Waals surface area contributed by atoms with Gasteiger partial charge in [-0.3, -0.25) is 10.1 Å². The second-order valence-electron chi connectivity index (χ2n) is 3.06. The minimum absolute atomic E-state index is 0.0713. The number of aromatic nitrogens is 1. The molecule has 0 amide bonds. The minimum Gasteiger partial charge on any atom is -0.258 e. The molecule has 1 heterocycles. The molecule has 0 bridgehead atoms. The summed E-state index contributed by atoms with van der Waals surface area (Å²) < 4.78 is 23.9. The average molecular weight is 270 g/mol. The molecule has 0 unspecified atom stereocenters. The summed E-state index contributed by atoms with van der Waals surface area (Å²) in [6.45, 7) is 0. The number of sulfone groups is 1. The van der Waals surface area contributed by atoms with Crippen molar-refractivity contribution in [3.63, 3.8) is 0 Å². The van der Waals surface area contributed by atoms with Crippen LogP contribution < -0.4 is 0 Å². The highest BCUT2D eigenvalue weighted by Gasteiger charge is 2.22. The molecule has 0 aliphatic carbocycles. The maximum absolute atomic E-state index is 12.0. The molecule has 2 aromatic rings. The summed E-state index contributed by atoms with van der Waals surface area (Å²) in [5.74, 6) is 0. The summed E-state index contributed by atoms with van der Waals surface area (Å²) in [6.07, 6.45) is 1.37. The maximum Gasteiger partial charge on any atom is 0.270 e. The van der Waals surface area contributed by atoms with Gasteiger partial charge in [0.05, 0.1) is 9.82 Å². The van der Waals surface area contributed by atoms with E-state index < -0.39 is 14.8 Å². The summed E-state index contributed by atoms with van der Waals surface area (Å²) >= 11 is 0.970. The van der Waals surface area contributed by atoms with Crippen LogP contribution in [0.4, 0.5) is 5.69 Å². The third-order valence-electron chi connectivity index (χ3n) is 1.98. The maximum atomic E-state index is 12.0. The molecule has 17 heavy (non-hydrogen) atoms. The number of non-ortho nitro benzene ring substituents is 1. The number of hydrogen-bond acceptors (Lipinski definition) is 6. The van der Waals surface area contributed by atoms with Crippen LogP contribution in [0, 0.1) is 10.1 Å². The van der Waals surface area contributed by atoms with Gasteiger partial charge in [0.1, 0.15) is 0 Å². The van der Waals surface area contributed by atoms with Gasteiger partial charge in [-0.1, -0.05) is 6.07 Å². The van der Waals surface area contributed by atoms with E-state index in [1.54, 1.807) is 0 Å². The number of benzene rings is 1. The Balaban J connectivity index is 2.55. The summed E-state index contributed by atoms with van der Waals surface area (Å²) in [5.41, 5.74) is -0.261. The Labute approximate surface area is 101 Å². The van der Waals surface area contributed by atoms with Crippen LogP contribution in [0.15, 0.2) is 45.1 Å². The van der Waals surface area contributed by atoms with Crippen molar-refractivity contribution in [1.82, 2.24) is 4.98 Å². The van der Waals surface area contributed by atoms with Gasteiger partial charge in [0.25, 0.3) is 5.69 Å². The summed E-state index contributed by atoms with van der Waals surface area (Å²) in [4.78, 5) is 13.5. The third-order valence-corrected chi connectivity index (χ3v) is 4.93. The molecular weight excluding hydrogens is 264 g/mol. The van der Waals surface area contributed by atoms with E-state index in [4.69, 9.17) is 0 Å². The zero-order chi connectivity index (χ0) is 12.5. The van der Waals surface area contributed by atoms with E-state index >= 15 is 0 Å². The Morgan fingerprint density at radius 2 is 2.12 bits per heavy atom. The van der Waals surface area contributed by atoms with Gasteiger partial charge in [0.15, 0.2) is 0 Å². The number of nitro groups is 1. The minimum atomic E-state index is -3.75. The molecule has 0 saturated carbocycles. The third kappa shape index (κ3) is 2.17. The van der Waals surface area contributed by atoms with Crippen molar-refractivity contribution < 1.29 is 13.3 Å². The van der Waals surface area contributed by atoms with Crippen LogP contribution in [-0.2, 0) is 9.84 Å². The molecule has 2 rings (SSSR count). The Bertz CT molecular complexity index is 649. The topological polar surface area (TPSA) is 90.2 Å². The Morgan fingerprint density at radius 3 is 2.71 bits per heavy atom. The SMILES string of the molecule is O=[N+]([O-])c1cccc(S(=O)(=O)c2nccs2)c1. The molecule has 0 radical (unpaired) electrons. The van der Waals surface area contributed by atoms with E-state index in [0.29, 0.717) is 0 Å². The van der Waals surface area contributed by atoms with Gasteiger partial charge in [-0.2, -0.15) is 0 Å². The normalized spacial score (nSPS) is 11.3. The number of nitro benzene ring substituents is 1. The molecule has 88 valence electrons. The quantitative estimate of drug-likeness (QED) is 0.627. The van der Waals surface area contributed by atoms with Gasteiger partial charge in [-0.15, -0.1) is 11.3 Å². The van der Waals surface area contributed by atoms with Crippen molar-refractivity contribution in [1.29, 1.82) is 0 Å². The molecule has 1 aromatic carbocycles. The van der Waals surface area contributed by atoms with Crippen LogP contribution in [0.1, 0.15) is 0 Å². The second-order valence-corrected chi connectivity index (χ2v) is 6.07. The van der Waals surface area contributed by atoms with Crippen molar-refractivity contribution in [3.8, 4) is 0 Å². The van der Waals surface area contributed by atoms with E-state index in [-0.39, 0.29) is 14.9 Å². The average Bonchev–Trinajstić information content (AvgIpc) is 2.83. The van der Waals surface area contributed by atoms with Gasteiger partial charge < -0.3 is 0 Å². The first-order chi connectivity index (χ1) is 8.01. The Kier molecular flexibility index (Phi) is 2.90. The lowest BCUT2D eigenvalue weighted by Crippen LogP contribution is -2.02. The van der Waals surface area contributed by atoms with E-state index in [1.165, 1.54) is 29.8 Å². The van der Waals surface area contributed by atoms with E-state index in [1.807, 2.05) is 0 Å². The van der Waals surface area contributed by atoms with Gasteiger partial charge in [-0.25, -0.2) is 13.4 Å². The van der Waals surface area contributed by atoms with Crippen LogP contribution in [0.5, 0.6) is 0 Å². The van der Waals surface area contributed by atoms with Gasteiger partial charge >= 0.3 is 0 Å². The Morgan fingerprint density at radius 1 is 1.35 bits per heavy atom. The molecule has 0 aliphatic heterocycles. The number of hydrogen-bond donors (Lipinski definition) is 0. The number of rotatable bonds is 3. The highest BCUT2D eigenvalue weighted by molar-refractivity contribution is 7.93. The first kappa shape index (κ1) is 11.7. The fourth-order valence-corrected chi connectivity index (χ4v) is 3.46. The van der Waals surface area contributed by atoms with Crippen molar-refractivity contribution in [2.75, 3.05) is 0 Å². The lowest BCUT2D eigenvalue weighted by atomic mass is 10.3. The zero-order valence-electron chi connectivity index (χ0n) is 8.31. The van der Waals surface area contributed by atoms with Crippen LogP contribution in [0.2, 0.25) is 0 Å². The van der Waals surface area contributed by atoms with E-state index in [9.17, 15) is 18.5 Å². The van der Waals surface area contributed by atoms with Gasteiger partial charge in [-0.05, 0) is 6.07 Å². The van der Waals surface area contributed by atoms with Crippen molar-refractivity contribution in [3.05, 3.63) is 46.0 Å². The first-order valence-electron chi connectivity index (χ1n) is 4.41.